The maximum atomic E-state index is 10.9. The number of fused-ring (bicyclic) bond motifs is 1. The fourth-order valence-electron chi connectivity index (χ4n) is 3.35. The van der Waals surface area contributed by atoms with Crippen LogP contribution in [0.3, 0.4) is 0 Å². The second kappa shape index (κ2) is 10.7. The summed E-state index contributed by atoms with van der Waals surface area (Å²) in [6.45, 7) is 8.31. The van der Waals surface area contributed by atoms with Crippen molar-refractivity contribution in [1.29, 1.82) is 0 Å². The molecular weight excluding hydrogens is 431 g/mol. The number of aromatic nitrogens is 1. The minimum Gasteiger partial charge on any atom is -0.873 e. The van der Waals surface area contributed by atoms with Gasteiger partial charge in [0.05, 0.1) is 17.1 Å². The molecular formula is C26H24N2NiO2. The summed E-state index contributed by atoms with van der Waals surface area (Å²) < 4.78 is 0. The Balaban J connectivity index is 0.000000229. The van der Waals surface area contributed by atoms with Crippen molar-refractivity contribution in [2.75, 3.05) is 0 Å². The Bertz CT molecular complexity index is 1140. The SMILES string of the molecule is CC(=Nc1c(C)cc(C)cc1C)c1ccccn1.[Ni+2].[O-]c1cc2ccccc2cc1[O-]. The Morgan fingerprint density at radius 2 is 1.29 bits per heavy atom. The van der Waals surface area contributed by atoms with Gasteiger partial charge in [-0.2, -0.15) is 0 Å². The van der Waals surface area contributed by atoms with Gasteiger partial charge in [0.2, 0.25) is 0 Å². The molecule has 0 fully saturated rings. The van der Waals surface area contributed by atoms with Crippen molar-refractivity contribution in [3.8, 4) is 11.5 Å². The van der Waals surface area contributed by atoms with Crippen LogP contribution in [0.4, 0.5) is 5.69 Å². The maximum Gasteiger partial charge on any atom is 2.00 e. The minimum absolute atomic E-state index is 0. The molecule has 4 nitrogen and oxygen atoms in total. The van der Waals surface area contributed by atoms with Crippen molar-refractivity contribution >= 4 is 22.2 Å². The molecule has 0 atom stereocenters. The normalized spacial score (nSPS) is 10.8. The van der Waals surface area contributed by atoms with Crippen LogP contribution in [0.2, 0.25) is 0 Å². The van der Waals surface area contributed by atoms with Crippen molar-refractivity contribution in [3.05, 3.63) is 95.3 Å². The van der Waals surface area contributed by atoms with Crippen molar-refractivity contribution in [2.45, 2.75) is 27.7 Å². The van der Waals surface area contributed by atoms with Gasteiger partial charge in [-0.3, -0.25) is 9.98 Å². The molecule has 0 N–H and O–H groups in total. The topological polar surface area (TPSA) is 71.4 Å². The molecule has 0 saturated carbocycles. The number of benzene rings is 3. The van der Waals surface area contributed by atoms with Crippen LogP contribution in [0.25, 0.3) is 10.8 Å². The second-order valence-corrected chi connectivity index (χ2v) is 7.31. The third-order valence-electron chi connectivity index (χ3n) is 4.76. The molecule has 0 aliphatic heterocycles. The molecule has 0 unspecified atom stereocenters. The molecule has 0 aliphatic carbocycles. The Labute approximate surface area is 193 Å². The molecule has 4 rings (SSSR count). The van der Waals surface area contributed by atoms with Crippen LogP contribution >= 0.6 is 0 Å². The number of hydrogen-bond donors (Lipinski definition) is 0. The van der Waals surface area contributed by atoms with E-state index in [-0.39, 0.29) is 16.5 Å². The van der Waals surface area contributed by atoms with E-state index < -0.39 is 11.5 Å². The molecule has 0 aliphatic rings. The first kappa shape index (κ1) is 24.1. The average Bonchev–Trinajstić information content (AvgIpc) is 2.72. The summed E-state index contributed by atoms with van der Waals surface area (Å²) in [6.07, 6.45) is 1.79. The van der Waals surface area contributed by atoms with E-state index in [1.54, 1.807) is 6.20 Å². The third kappa shape index (κ3) is 6.16. The van der Waals surface area contributed by atoms with Gasteiger partial charge in [-0.15, -0.1) is 11.5 Å². The monoisotopic (exact) mass is 454 g/mol. The van der Waals surface area contributed by atoms with Gasteiger partial charge in [0.25, 0.3) is 0 Å². The largest absolute Gasteiger partial charge is 2.00 e. The number of rotatable bonds is 2. The molecule has 1 heterocycles. The molecule has 0 saturated heterocycles. The first-order chi connectivity index (χ1) is 14.3. The van der Waals surface area contributed by atoms with Crippen LogP contribution in [0.15, 0.2) is 77.9 Å². The number of hydrogen-bond acceptors (Lipinski definition) is 4. The molecule has 5 heteroatoms. The zero-order valence-electron chi connectivity index (χ0n) is 18.0. The van der Waals surface area contributed by atoms with Gasteiger partial charge < -0.3 is 10.2 Å². The Kier molecular flexibility index (Phi) is 8.35. The molecule has 0 amide bonds. The van der Waals surface area contributed by atoms with Crippen LogP contribution in [0.1, 0.15) is 29.3 Å². The zero-order chi connectivity index (χ0) is 21.7. The molecule has 31 heavy (non-hydrogen) atoms. The molecule has 160 valence electrons. The quantitative estimate of drug-likeness (QED) is 0.311. The fourth-order valence-corrected chi connectivity index (χ4v) is 3.35. The predicted molar refractivity (Wildman–Crippen MR) is 120 cm³/mol. The standard InChI is InChI=1S/C16H18N2.C10H8O2.Ni/c1-11-9-12(2)16(13(3)10-11)18-14(4)15-7-5-6-8-17-15;11-9-5-7-3-1-2-4-8(7)6-10(9)12;/h5-10H,1-4H3;1-6,11-12H;/q;;+2/p-2. The van der Waals surface area contributed by atoms with Gasteiger partial charge in [0.15, 0.2) is 0 Å². The number of pyridine rings is 1. The van der Waals surface area contributed by atoms with Gasteiger partial charge >= 0.3 is 16.5 Å². The summed E-state index contributed by atoms with van der Waals surface area (Å²) in [5.74, 6) is -0.873. The predicted octanol–water partition coefficient (Wildman–Crippen LogP) is 5.13. The molecule has 4 aromatic rings. The first-order valence-electron chi connectivity index (χ1n) is 9.76. The maximum absolute atomic E-state index is 10.9. The van der Waals surface area contributed by atoms with E-state index in [1.807, 2.05) is 49.4 Å². The van der Waals surface area contributed by atoms with E-state index >= 15 is 0 Å². The number of aryl methyl sites for hydroxylation is 3. The van der Waals surface area contributed by atoms with Crippen molar-refractivity contribution < 1.29 is 26.7 Å². The third-order valence-corrected chi connectivity index (χ3v) is 4.76. The zero-order valence-corrected chi connectivity index (χ0v) is 18.9. The van der Waals surface area contributed by atoms with E-state index in [9.17, 15) is 10.2 Å². The molecule has 0 radical (unpaired) electrons. The van der Waals surface area contributed by atoms with Crippen molar-refractivity contribution in [1.82, 2.24) is 4.98 Å². The van der Waals surface area contributed by atoms with Crippen molar-refractivity contribution in [3.63, 3.8) is 0 Å². The van der Waals surface area contributed by atoms with Crippen LogP contribution in [0, 0.1) is 20.8 Å². The van der Waals surface area contributed by atoms with Crippen molar-refractivity contribution in [2.24, 2.45) is 4.99 Å². The smallest absolute Gasteiger partial charge is 0.873 e. The fraction of sp³-hybridized carbons (Fsp3) is 0.154. The summed E-state index contributed by atoms with van der Waals surface area (Å²) in [5, 5.41) is 23.5. The number of nitrogens with zero attached hydrogens (tertiary/aromatic N) is 2. The Morgan fingerprint density at radius 1 is 0.774 bits per heavy atom. The molecule has 0 bridgehead atoms. The summed E-state index contributed by atoms with van der Waals surface area (Å²) in [4.78, 5) is 9.04. The van der Waals surface area contributed by atoms with Crippen LogP contribution in [-0.2, 0) is 16.5 Å². The summed E-state index contributed by atoms with van der Waals surface area (Å²) in [7, 11) is 0. The minimum atomic E-state index is -0.436. The second-order valence-electron chi connectivity index (χ2n) is 7.31. The summed E-state index contributed by atoms with van der Waals surface area (Å²) in [5.41, 5.74) is 6.64. The van der Waals surface area contributed by atoms with Crippen LogP contribution < -0.4 is 10.2 Å². The molecule has 0 spiro atoms. The van der Waals surface area contributed by atoms with Crippen LogP contribution in [0.5, 0.6) is 11.5 Å². The summed E-state index contributed by atoms with van der Waals surface area (Å²) in [6, 6.07) is 20.3. The van der Waals surface area contributed by atoms with Gasteiger partial charge in [-0.05, 0) is 61.7 Å². The van der Waals surface area contributed by atoms with Gasteiger partial charge in [-0.25, -0.2) is 0 Å². The Morgan fingerprint density at radius 3 is 1.77 bits per heavy atom. The number of aliphatic imine (C=N–C) groups is 1. The molecule has 1 aromatic heterocycles. The van der Waals surface area contributed by atoms with E-state index in [4.69, 9.17) is 4.99 Å². The first-order valence-corrected chi connectivity index (χ1v) is 9.76. The van der Waals surface area contributed by atoms with Gasteiger partial charge in [-0.1, -0.05) is 60.2 Å². The van der Waals surface area contributed by atoms with E-state index in [1.165, 1.54) is 28.8 Å². The van der Waals surface area contributed by atoms with E-state index in [2.05, 4.69) is 37.9 Å². The van der Waals surface area contributed by atoms with Crippen LogP contribution in [-0.4, -0.2) is 10.7 Å². The van der Waals surface area contributed by atoms with E-state index in [0.29, 0.717) is 0 Å². The molecule has 3 aromatic carbocycles. The van der Waals surface area contributed by atoms with Gasteiger partial charge in [0, 0.05) is 6.20 Å². The summed E-state index contributed by atoms with van der Waals surface area (Å²) >= 11 is 0. The van der Waals surface area contributed by atoms with E-state index in [0.717, 1.165) is 27.9 Å². The Hall–Kier alpha value is -3.17. The average molecular weight is 455 g/mol. The van der Waals surface area contributed by atoms with Gasteiger partial charge in [0.1, 0.15) is 0 Å².